The summed E-state index contributed by atoms with van der Waals surface area (Å²) in [5, 5.41) is 4.47. The highest BCUT2D eigenvalue weighted by Gasteiger charge is 2.35. The highest BCUT2D eigenvalue weighted by molar-refractivity contribution is 8.18. The lowest BCUT2D eigenvalue weighted by Gasteiger charge is -2.14. The summed E-state index contributed by atoms with van der Waals surface area (Å²) in [5.41, 5.74) is 2.32. The van der Waals surface area contributed by atoms with Crippen LogP contribution in [0, 0.1) is 6.92 Å². The molecule has 0 aromatic heterocycles. The van der Waals surface area contributed by atoms with Crippen LogP contribution in [0.15, 0.2) is 95.9 Å². The second kappa shape index (κ2) is 11.9. The molecule has 1 saturated heterocycles. The minimum atomic E-state index is -0.390. The molecule has 0 bridgehead atoms. The number of hydrogen-bond donors (Lipinski definition) is 1. The summed E-state index contributed by atoms with van der Waals surface area (Å²) < 4.78 is 11.7. The van der Waals surface area contributed by atoms with Gasteiger partial charge in [0.15, 0.2) is 6.61 Å². The van der Waals surface area contributed by atoms with Crippen molar-refractivity contribution in [3.8, 4) is 11.5 Å². The quantitative estimate of drug-likeness (QED) is 0.253. The Morgan fingerprint density at radius 2 is 1.64 bits per heavy atom. The number of thioether (sulfide) groups is 1. The van der Waals surface area contributed by atoms with E-state index in [0.29, 0.717) is 22.7 Å². The van der Waals surface area contributed by atoms with Crippen LogP contribution in [0.4, 0.5) is 10.5 Å². The Balaban J connectivity index is 1.21. The molecule has 4 aromatic rings. The highest BCUT2D eigenvalue weighted by Crippen LogP contribution is 2.34. The SMILES string of the molecule is Cc1cccc(NC(=O)COc2ccccc2/C=C2\SC(=O)N(CCOc3cccc4ccccc34)C2=O)c1. The van der Waals surface area contributed by atoms with Crippen molar-refractivity contribution < 1.29 is 23.9 Å². The summed E-state index contributed by atoms with van der Waals surface area (Å²) in [5.74, 6) is 0.441. The number of amides is 3. The van der Waals surface area contributed by atoms with Crippen molar-refractivity contribution in [2.45, 2.75) is 6.92 Å². The Morgan fingerprint density at radius 1 is 0.897 bits per heavy atom. The van der Waals surface area contributed by atoms with Crippen LogP contribution >= 0.6 is 11.8 Å². The molecule has 7 nitrogen and oxygen atoms in total. The van der Waals surface area contributed by atoms with E-state index >= 15 is 0 Å². The van der Waals surface area contributed by atoms with E-state index in [0.717, 1.165) is 28.1 Å². The molecule has 39 heavy (non-hydrogen) atoms. The number of para-hydroxylation sites is 1. The largest absolute Gasteiger partial charge is 0.491 e. The zero-order valence-corrected chi connectivity index (χ0v) is 22.1. The van der Waals surface area contributed by atoms with Gasteiger partial charge in [0.1, 0.15) is 18.1 Å². The summed E-state index contributed by atoms with van der Waals surface area (Å²) in [6, 6.07) is 28.2. The number of benzene rings is 4. The topological polar surface area (TPSA) is 84.9 Å². The Bertz CT molecular complexity index is 1580. The molecule has 0 saturated carbocycles. The molecule has 196 valence electrons. The van der Waals surface area contributed by atoms with Crippen LogP contribution in [0.5, 0.6) is 11.5 Å². The number of imide groups is 1. The number of carbonyl (C=O) groups excluding carboxylic acids is 3. The number of fused-ring (bicyclic) bond motifs is 1. The molecule has 1 aliphatic rings. The molecule has 1 N–H and O–H groups in total. The van der Waals surface area contributed by atoms with Gasteiger partial charge in [0, 0.05) is 16.6 Å². The van der Waals surface area contributed by atoms with Gasteiger partial charge in [0.05, 0.1) is 11.4 Å². The lowest BCUT2D eigenvalue weighted by Crippen LogP contribution is -2.32. The van der Waals surface area contributed by atoms with Gasteiger partial charge in [-0.2, -0.15) is 0 Å². The van der Waals surface area contributed by atoms with Crippen molar-refractivity contribution in [1.82, 2.24) is 4.90 Å². The van der Waals surface area contributed by atoms with Crippen LogP contribution in [0.1, 0.15) is 11.1 Å². The number of carbonyl (C=O) groups is 3. The lowest BCUT2D eigenvalue weighted by atomic mass is 10.1. The van der Waals surface area contributed by atoms with Gasteiger partial charge < -0.3 is 14.8 Å². The van der Waals surface area contributed by atoms with Crippen LogP contribution < -0.4 is 14.8 Å². The number of hydrogen-bond acceptors (Lipinski definition) is 6. The molecule has 0 spiro atoms. The van der Waals surface area contributed by atoms with Crippen LogP contribution in [0.3, 0.4) is 0 Å². The average molecular weight is 539 g/mol. The summed E-state index contributed by atoms with van der Waals surface area (Å²) in [6.07, 6.45) is 1.62. The van der Waals surface area contributed by atoms with Gasteiger partial charge in [-0.3, -0.25) is 19.3 Å². The van der Waals surface area contributed by atoms with Gasteiger partial charge >= 0.3 is 0 Å². The normalized spacial score (nSPS) is 14.2. The molecule has 0 radical (unpaired) electrons. The van der Waals surface area contributed by atoms with E-state index in [1.807, 2.05) is 73.7 Å². The number of rotatable bonds is 9. The Labute approximate surface area is 230 Å². The zero-order valence-electron chi connectivity index (χ0n) is 21.3. The number of nitrogens with zero attached hydrogens (tertiary/aromatic N) is 1. The van der Waals surface area contributed by atoms with Gasteiger partial charge in [-0.15, -0.1) is 0 Å². The van der Waals surface area contributed by atoms with Crippen LogP contribution in [0.25, 0.3) is 16.8 Å². The molecule has 0 aliphatic carbocycles. The fraction of sp³-hybridized carbons (Fsp3) is 0.129. The van der Waals surface area contributed by atoms with E-state index in [2.05, 4.69) is 5.32 Å². The van der Waals surface area contributed by atoms with Crippen molar-refractivity contribution in [2.75, 3.05) is 25.1 Å². The Kier molecular flexibility index (Phi) is 7.94. The van der Waals surface area contributed by atoms with E-state index in [1.165, 1.54) is 4.90 Å². The van der Waals surface area contributed by atoms with E-state index in [1.54, 1.807) is 30.3 Å². The third kappa shape index (κ3) is 6.30. The molecule has 1 aliphatic heterocycles. The molecule has 4 aromatic carbocycles. The second-order valence-corrected chi connectivity index (χ2v) is 9.90. The maximum Gasteiger partial charge on any atom is 0.293 e. The third-order valence-electron chi connectivity index (χ3n) is 6.06. The maximum atomic E-state index is 13.0. The zero-order chi connectivity index (χ0) is 27.2. The van der Waals surface area contributed by atoms with Crippen molar-refractivity contribution in [3.05, 3.63) is 107 Å². The van der Waals surface area contributed by atoms with E-state index in [4.69, 9.17) is 9.47 Å². The highest BCUT2D eigenvalue weighted by atomic mass is 32.2. The summed E-state index contributed by atoms with van der Waals surface area (Å²) in [7, 11) is 0. The van der Waals surface area contributed by atoms with Crippen molar-refractivity contribution >= 4 is 51.4 Å². The van der Waals surface area contributed by atoms with Crippen LogP contribution in [0.2, 0.25) is 0 Å². The maximum absolute atomic E-state index is 13.0. The first kappa shape index (κ1) is 26.1. The molecule has 5 rings (SSSR count). The number of aryl methyl sites for hydroxylation is 1. The molecule has 0 unspecified atom stereocenters. The minimum absolute atomic E-state index is 0.127. The molecule has 3 amide bonds. The van der Waals surface area contributed by atoms with Gasteiger partial charge in [-0.05, 0) is 60.0 Å². The first-order valence-corrected chi connectivity index (χ1v) is 13.2. The summed E-state index contributed by atoms with van der Waals surface area (Å²) in [4.78, 5) is 39.5. The smallest absolute Gasteiger partial charge is 0.293 e. The molecular weight excluding hydrogens is 512 g/mol. The molecule has 8 heteroatoms. The summed E-state index contributed by atoms with van der Waals surface area (Å²) in [6.45, 7) is 2.05. The van der Waals surface area contributed by atoms with Gasteiger partial charge in [0.25, 0.3) is 17.1 Å². The van der Waals surface area contributed by atoms with E-state index < -0.39 is 5.91 Å². The molecular formula is C31H26N2O5S. The van der Waals surface area contributed by atoms with Gasteiger partial charge in [-0.1, -0.05) is 66.7 Å². The average Bonchev–Trinajstić information content (AvgIpc) is 3.20. The Morgan fingerprint density at radius 3 is 2.51 bits per heavy atom. The third-order valence-corrected chi connectivity index (χ3v) is 6.97. The number of nitrogens with one attached hydrogen (secondary N) is 1. The predicted octanol–water partition coefficient (Wildman–Crippen LogP) is 6.28. The first-order chi connectivity index (χ1) is 19.0. The van der Waals surface area contributed by atoms with Gasteiger partial charge in [-0.25, -0.2) is 0 Å². The monoisotopic (exact) mass is 538 g/mol. The molecule has 1 fully saturated rings. The Hall–Kier alpha value is -4.56. The fourth-order valence-corrected chi connectivity index (χ4v) is 5.05. The fourth-order valence-electron chi connectivity index (χ4n) is 4.20. The van der Waals surface area contributed by atoms with Crippen molar-refractivity contribution in [1.29, 1.82) is 0 Å². The van der Waals surface area contributed by atoms with Crippen molar-refractivity contribution in [2.24, 2.45) is 0 Å². The van der Waals surface area contributed by atoms with E-state index in [-0.39, 0.29) is 35.8 Å². The van der Waals surface area contributed by atoms with Crippen molar-refractivity contribution in [3.63, 3.8) is 0 Å². The standard InChI is InChI=1S/C31H26N2O5S/c1-21-8-6-12-24(18-21)32-29(34)20-38-26-14-5-3-10-23(26)19-28-30(35)33(31(36)39-28)16-17-37-27-15-7-11-22-9-2-4-13-25(22)27/h2-15,18-19H,16-17,20H2,1H3,(H,32,34)/b28-19-. The summed E-state index contributed by atoms with van der Waals surface area (Å²) >= 11 is 0.870. The molecule has 0 atom stereocenters. The number of anilines is 1. The second-order valence-electron chi connectivity index (χ2n) is 8.90. The first-order valence-electron chi connectivity index (χ1n) is 12.4. The van der Waals surface area contributed by atoms with E-state index in [9.17, 15) is 14.4 Å². The molecule has 1 heterocycles. The predicted molar refractivity (Wildman–Crippen MR) is 154 cm³/mol. The van der Waals surface area contributed by atoms with Crippen LogP contribution in [-0.4, -0.2) is 41.7 Å². The minimum Gasteiger partial charge on any atom is -0.491 e. The lowest BCUT2D eigenvalue weighted by molar-refractivity contribution is -0.123. The van der Waals surface area contributed by atoms with Crippen LogP contribution in [-0.2, 0) is 9.59 Å². The number of ether oxygens (including phenoxy) is 2. The van der Waals surface area contributed by atoms with Gasteiger partial charge in [0.2, 0.25) is 0 Å².